The summed E-state index contributed by atoms with van der Waals surface area (Å²) in [4.78, 5) is 23.4. The maximum absolute atomic E-state index is 11.8. The number of aromatic nitrogens is 3. The number of H-pyrrole nitrogens is 2. The van der Waals surface area contributed by atoms with Crippen LogP contribution in [-0.2, 0) is 11.3 Å². The molecule has 1 aromatic carbocycles. The van der Waals surface area contributed by atoms with E-state index in [2.05, 4.69) is 15.0 Å². The first-order valence-electron chi connectivity index (χ1n) is 7.62. The van der Waals surface area contributed by atoms with Gasteiger partial charge in [-0.05, 0) is 31.0 Å². The molecule has 0 aliphatic heterocycles. The Labute approximate surface area is 141 Å². The van der Waals surface area contributed by atoms with E-state index in [-0.39, 0.29) is 11.5 Å². The SMILES string of the molecule is COc1ccc2nc(C3CCC(=S=O)c4ccc(=O)[nH]c43)[nH]c2c1. The van der Waals surface area contributed by atoms with Gasteiger partial charge in [0.15, 0.2) is 0 Å². The summed E-state index contributed by atoms with van der Waals surface area (Å²) in [6.45, 7) is 0. The summed E-state index contributed by atoms with van der Waals surface area (Å²) in [7, 11) is 1.62. The van der Waals surface area contributed by atoms with Crippen LogP contribution < -0.4 is 10.3 Å². The topological polar surface area (TPSA) is 87.8 Å². The van der Waals surface area contributed by atoms with Crippen LogP contribution in [0.2, 0.25) is 0 Å². The molecular weight excluding hydrogens is 326 g/mol. The van der Waals surface area contributed by atoms with Gasteiger partial charge >= 0.3 is 0 Å². The van der Waals surface area contributed by atoms with Gasteiger partial charge < -0.3 is 14.7 Å². The van der Waals surface area contributed by atoms with E-state index in [1.54, 1.807) is 13.2 Å². The summed E-state index contributed by atoms with van der Waals surface area (Å²) in [5.41, 5.74) is 3.14. The molecule has 2 aromatic heterocycles. The Kier molecular flexibility index (Phi) is 3.57. The number of hydrogen-bond donors (Lipinski definition) is 2. The zero-order chi connectivity index (χ0) is 16.7. The number of nitrogens with one attached hydrogen (secondary N) is 2. The van der Waals surface area contributed by atoms with Crippen LogP contribution in [0.3, 0.4) is 0 Å². The van der Waals surface area contributed by atoms with Crippen LogP contribution in [0.1, 0.15) is 35.8 Å². The molecule has 1 unspecified atom stereocenters. The van der Waals surface area contributed by atoms with Crippen molar-refractivity contribution in [1.29, 1.82) is 0 Å². The molecule has 7 heteroatoms. The Morgan fingerprint density at radius 3 is 2.92 bits per heavy atom. The second kappa shape index (κ2) is 5.76. The lowest BCUT2D eigenvalue weighted by Crippen LogP contribution is -2.23. The van der Waals surface area contributed by atoms with Gasteiger partial charge in [-0.25, -0.2) is 9.19 Å². The number of nitrogens with zero attached hydrogens (tertiary/aromatic N) is 1. The number of fused-ring (bicyclic) bond motifs is 2. The number of rotatable bonds is 2. The lowest BCUT2D eigenvalue weighted by atomic mass is 9.86. The van der Waals surface area contributed by atoms with Crippen molar-refractivity contribution in [3.05, 3.63) is 57.8 Å². The van der Waals surface area contributed by atoms with E-state index in [1.165, 1.54) is 6.07 Å². The highest BCUT2D eigenvalue weighted by molar-refractivity contribution is 7.67. The quantitative estimate of drug-likeness (QED) is 0.697. The molecule has 0 bridgehead atoms. The monoisotopic (exact) mass is 341 g/mol. The number of pyridine rings is 1. The zero-order valence-corrected chi connectivity index (χ0v) is 13.8. The van der Waals surface area contributed by atoms with E-state index in [4.69, 9.17) is 4.74 Å². The van der Waals surface area contributed by atoms with Gasteiger partial charge in [-0.15, -0.1) is 0 Å². The molecule has 4 rings (SSSR count). The fourth-order valence-electron chi connectivity index (χ4n) is 3.22. The molecule has 1 aliphatic rings. The second-order valence-corrected chi connectivity index (χ2v) is 6.41. The number of ether oxygens (including phenoxy) is 1. The third kappa shape index (κ3) is 2.37. The smallest absolute Gasteiger partial charge is 0.248 e. The van der Waals surface area contributed by atoms with Gasteiger partial charge in [0.05, 0.1) is 40.2 Å². The summed E-state index contributed by atoms with van der Waals surface area (Å²) in [6, 6.07) is 8.85. The second-order valence-electron chi connectivity index (χ2n) is 5.75. The van der Waals surface area contributed by atoms with Gasteiger partial charge in [0.25, 0.3) is 0 Å². The van der Waals surface area contributed by atoms with Crippen LogP contribution in [0, 0.1) is 0 Å². The molecule has 0 radical (unpaired) electrons. The van der Waals surface area contributed by atoms with Crippen LogP contribution in [0.4, 0.5) is 0 Å². The molecule has 2 N–H and O–H groups in total. The van der Waals surface area contributed by atoms with Crippen molar-refractivity contribution in [3.63, 3.8) is 0 Å². The third-order valence-electron chi connectivity index (χ3n) is 4.40. The number of methoxy groups -OCH3 is 1. The number of benzene rings is 1. The van der Waals surface area contributed by atoms with E-state index >= 15 is 0 Å². The highest BCUT2D eigenvalue weighted by atomic mass is 32.1. The molecule has 1 atom stereocenters. The zero-order valence-electron chi connectivity index (χ0n) is 13.0. The predicted molar refractivity (Wildman–Crippen MR) is 93.0 cm³/mol. The maximum atomic E-state index is 11.8. The Morgan fingerprint density at radius 2 is 2.12 bits per heavy atom. The third-order valence-corrected chi connectivity index (χ3v) is 5.02. The average Bonchev–Trinajstić information content (AvgIpc) is 3.03. The van der Waals surface area contributed by atoms with Crippen molar-refractivity contribution >= 4 is 27.2 Å². The van der Waals surface area contributed by atoms with Gasteiger partial charge in [-0.3, -0.25) is 4.79 Å². The highest BCUT2D eigenvalue weighted by Gasteiger charge is 2.28. The highest BCUT2D eigenvalue weighted by Crippen LogP contribution is 2.34. The Morgan fingerprint density at radius 1 is 1.25 bits per heavy atom. The molecule has 0 saturated carbocycles. The molecule has 3 aromatic rings. The Hall–Kier alpha value is -2.67. The fraction of sp³-hybridized carbons (Fsp3) is 0.235. The van der Waals surface area contributed by atoms with Crippen molar-refractivity contribution in [2.45, 2.75) is 18.8 Å². The summed E-state index contributed by atoms with van der Waals surface area (Å²) in [5, 5.41) is 0. The first-order chi connectivity index (χ1) is 11.7. The summed E-state index contributed by atoms with van der Waals surface area (Å²) in [6.07, 6.45) is 1.41. The molecule has 0 fully saturated rings. The summed E-state index contributed by atoms with van der Waals surface area (Å²) in [5.74, 6) is 1.48. The van der Waals surface area contributed by atoms with Crippen molar-refractivity contribution in [1.82, 2.24) is 15.0 Å². The van der Waals surface area contributed by atoms with Gasteiger partial charge in [-0.2, -0.15) is 0 Å². The molecule has 2 heterocycles. The average molecular weight is 341 g/mol. The van der Waals surface area contributed by atoms with Crippen LogP contribution in [0.15, 0.2) is 35.1 Å². The minimum Gasteiger partial charge on any atom is -0.497 e. The van der Waals surface area contributed by atoms with Crippen LogP contribution in [0.25, 0.3) is 11.0 Å². The van der Waals surface area contributed by atoms with Crippen molar-refractivity contribution in [2.75, 3.05) is 7.11 Å². The minimum absolute atomic E-state index is 0.0665. The number of imidazole rings is 1. The molecule has 1 aliphatic carbocycles. The van der Waals surface area contributed by atoms with Crippen molar-refractivity contribution in [3.8, 4) is 5.75 Å². The van der Waals surface area contributed by atoms with E-state index in [9.17, 15) is 9.00 Å². The minimum atomic E-state index is -0.173. The number of hydrogen-bond acceptors (Lipinski definition) is 4. The van der Waals surface area contributed by atoms with Crippen LogP contribution in [0.5, 0.6) is 5.75 Å². The Balaban J connectivity index is 1.87. The van der Waals surface area contributed by atoms with Crippen molar-refractivity contribution in [2.24, 2.45) is 0 Å². The molecule has 24 heavy (non-hydrogen) atoms. The lowest BCUT2D eigenvalue weighted by Gasteiger charge is -2.23. The first-order valence-corrected chi connectivity index (χ1v) is 8.36. The molecule has 0 saturated heterocycles. The molecule has 0 spiro atoms. The molecular formula is C17H15N3O3S. The van der Waals surface area contributed by atoms with Crippen LogP contribution in [-0.4, -0.2) is 31.1 Å². The van der Waals surface area contributed by atoms with Gasteiger partial charge in [-0.1, -0.05) is 0 Å². The predicted octanol–water partition coefficient (Wildman–Crippen LogP) is 1.92. The summed E-state index contributed by atoms with van der Waals surface area (Å²) >= 11 is 0.499. The molecule has 0 amide bonds. The molecule has 122 valence electrons. The van der Waals surface area contributed by atoms with Gasteiger partial charge in [0.1, 0.15) is 11.6 Å². The van der Waals surface area contributed by atoms with Gasteiger partial charge in [0.2, 0.25) is 5.56 Å². The van der Waals surface area contributed by atoms with Gasteiger partial charge in [0, 0.05) is 23.4 Å². The van der Waals surface area contributed by atoms with Crippen LogP contribution >= 0.6 is 0 Å². The van der Waals surface area contributed by atoms with E-state index < -0.39 is 0 Å². The first kappa shape index (κ1) is 14.9. The fourth-order valence-corrected chi connectivity index (χ4v) is 3.69. The summed E-state index contributed by atoms with van der Waals surface area (Å²) < 4.78 is 16.6. The standard InChI is InChI=1S/C17H15N3O3S/c1-23-9-2-5-12-13(8-9)19-17(18-12)11-3-6-14(24-22)10-4-7-15(21)20-16(10)11/h2,4-5,7-8,11H,3,6H2,1H3,(H,18,19)(H,20,21). The maximum Gasteiger partial charge on any atom is 0.248 e. The van der Waals surface area contributed by atoms with E-state index in [1.807, 2.05) is 18.2 Å². The largest absolute Gasteiger partial charge is 0.497 e. The van der Waals surface area contributed by atoms with Crippen molar-refractivity contribution < 1.29 is 8.95 Å². The Bertz CT molecular complexity index is 1050. The normalized spacial score (nSPS) is 16.9. The number of aromatic amines is 2. The van der Waals surface area contributed by atoms with E-state index in [0.717, 1.165) is 45.2 Å². The molecule has 6 nitrogen and oxygen atoms in total. The lowest BCUT2D eigenvalue weighted by molar-refractivity contribution is 0.415. The van der Waals surface area contributed by atoms with E-state index in [0.29, 0.717) is 17.7 Å².